The van der Waals surface area contributed by atoms with Gasteiger partial charge in [0.2, 0.25) is 5.91 Å². The van der Waals surface area contributed by atoms with Gasteiger partial charge in [-0.2, -0.15) is 5.10 Å². The SMILES string of the molecule is O=C(CN1CCc2[nH]nc(C(=O)O)c2C1)Nc1ccc(Cl)cn1. The van der Waals surface area contributed by atoms with Crippen LogP contribution >= 0.6 is 11.6 Å². The number of carboxylic acid groups (broad SMARTS) is 1. The minimum Gasteiger partial charge on any atom is -0.476 e. The molecule has 1 aliphatic rings. The van der Waals surface area contributed by atoms with Crippen LogP contribution in [0.5, 0.6) is 0 Å². The summed E-state index contributed by atoms with van der Waals surface area (Å²) in [6.45, 7) is 1.17. The van der Waals surface area contributed by atoms with Gasteiger partial charge in [0.1, 0.15) is 5.82 Å². The molecule has 2 aromatic heterocycles. The molecule has 3 rings (SSSR count). The molecule has 0 spiro atoms. The number of nitrogens with one attached hydrogen (secondary N) is 2. The average molecular weight is 336 g/mol. The second-order valence-electron chi connectivity index (χ2n) is 5.20. The number of pyridine rings is 1. The predicted octanol–water partition coefficient (Wildman–Crippen LogP) is 1.15. The molecule has 3 N–H and O–H groups in total. The fourth-order valence-electron chi connectivity index (χ4n) is 2.50. The Labute approximate surface area is 136 Å². The van der Waals surface area contributed by atoms with Gasteiger partial charge in [-0.1, -0.05) is 11.6 Å². The number of rotatable bonds is 4. The third kappa shape index (κ3) is 3.49. The Kier molecular flexibility index (Phi) is 4.26. The summed E-state index contributed by atoms with van der Waals surface area (Å²) in [5.74, 6) is -0.866. The Balaban J connectivity index is 1.62. The number of aromatic carboxylic acids is 1. The highest BCUT2D eigenvalue weighted by atomic mass is 35.5. The Bertz CT molecular complexity index is 743. The smallest absolute Gasteiger partial charge is 0.356 e. The lowest BCUT2D eigenvalue weighted by molar-refractivity contribution is -0.117. The number of aromatic amines is 1. The second-order valence-corrected chi connectivity index (χ2v) is 5.64. The number of carbonyl (C=O) groups is 2. The summed E-state index contributed by atoms with van der Waals surface area (Å²) in [6, 6.07) is 3.26. The molecular weight excluding hydrogens is 322 g/mol. The third-order valence-corrected chi connectivity index (χ3v) is 3.80. The van der Waals surface area contributed by atoms with Crippen LogP contribution in [0.2, 0.25) is 5.02 Å². The highest BCUT2D eigenvalue weighted by Gasteiger charge is 2.26. The number of carbonyl (C=O) groups excluding carboxylic acids is 1. The van der Waals surface area contributed by atoms with E-state index in [0.29, 0.717) is 35.9 Å². The van der Waals surface area contributed by atoms with Crippen LogP contribution in [0.1, 0.15) is 21.7 Å². The van der Waals surface area contributed by atoms with Crippen molar-refractivity contribution in [3.8, 4) is 0 Å². The van der Waals surface area contributed by atoms with Gasteiger partial charge < -0.3 is 10.4 Å². The number of hydrogen-bond acceptors (Lipinski definition) is 5. The van der Waals surface area contributed by atoms with Gasteiger partial charge in [0.05, 0.1) is 11.6 Å². The Morgan fingerprint density at radius 2 is 2.26 bits per heavy atom. The number of H-pyrrole nitrogens is 1. The molecule has 0 aromatic carbocycles. The first kappa shape index (κ1) is 15.4. The van der Waals surface area contributed by atoms with Gasteiger partial charge in [-0.3, -0.25) is 14.8 Å². The molecule has 0 atom stereocenters. The van der Waals surface area contributed by atoms with E-state index in [1.54, 1.807) is 12.1 Å². The number of anilines is 1. The number of aromatic nitrogens is 3. The van der Waals surface area contributed by atoms with Crippen molar-refractivity contribution < 1.29 is 14.7 Å². The molecule has 3 heterocycles. The molecule has 9 heteroatoms. The van der Waals surface area contributed by atoms with Crippen LogP contribution < -0.4 is 5.32 Å². The number of amides is 1. The van der Waals surface area contributed by atoms with E-state index in [0.717, 1.165) is 5.69 Å². The van der Waals surface area contributed by atoms with E-state index in [2.05, 4.69) is 20.5 Å². The zero-order chi connectivity index (χ0) is 16.4. The highest BCUT2D eigenvalue weighted by Crippen LogP contribution is 2.20. The molecule has 0 saturated carbocycles. The van der Waals surface area contributed by atoms with Crippen molar-refractivity contribution in [2.45, 2.75) is 13.0 Å². The topological polar surface area (TPSA) is 111 Å². The Hall–Kier alpha value is -2.45. The lowest BCUT2D eigenvalue weighted by atomic mass is 10.1. The fraction of sp³-hybridized carbons (Fsp3) is 0.286. The molecule has 0 radical (unpaired) electrons. The standard InChI is InChI=1S/C14H14ClN5O3/c15-8-1-2-11(16-5-8)17-12(21)7-20-4-3-10-9(6-20)13(14(22)23)19-18-10/h1-2,5H,3-4,6-7H2,(H,18,19)(H,22,23)(H,16,17,21). The van der Waals surface area contributed by atoms with Crippen molar-refractivity contribution in [1.29, 1.82) is 0 Å². The molecule has 2 aromatic rings. The van der Waals surface area contributed by atoms with Crippen LogP contribution in [-0.2, 0) is 17.8 Å². The molecule has 1 aliphatic heterocycles. The molecule has 0 saturated heterocycles. The van der Waals surface area contributed by atoms with Crippen molar-refractivity contribution in [2.24, 2.45) is 0 Å². The van der Waals surface area contributed by atoms with E-state index in [-0.39, 0.29) is 18.1 Å². The summed E-state index contributed by atoms with van der Waals surface area (Å²) in [5.41, 5.74) is 1.48. The van der Waals surface area contributed by atoms with E-state index in [1.165, 1.54) is 6.20 Å². The van der Waals surface area contributed by atoms with E-state index in [9.17, 15) is 9.59 Å². The molecule has 0 unspecified atom stereocenters. The lowest BCUT2D eigenvalue weighted by Gasteiger charge is -2.25. The first-order valence-corrected chi connectivity index (χ1v) is 7.34. The van der Waals surface area contributed by atoms with Gasteiger partial charge in [0, 0.05) is 37.0 Å². The number of hydrogen-bond donors (Lipinski definition) is 3. The monoisotopic (exact) mass is 335 g/mol. The maximum Gasteiger partial charge on any atom is 0.356 e. The van der Waals surface area contributed by atoms with Crippen LogP contribution in [0.3, 0.4) is 0 Å². The van der Waals surface area contributed by atoms with E-state index >= 15 is 0 Å². The molecular formula is C14H14ClN5O3. The van der Waals surface area contributed by atoms with Gasteiger partial charge in [-0.05, 0) is 12.1 Å². The third-order valence-electron chi connectivity index (χ3n) is 3.58. The zero-order valence-electron chi connectivity index (χ0n) is 12.0. The van der Waals surface area contributed by atoms with Gasteiger partial charge in [-0.15, -0.1) is 0 Å². The van der Waals surface area contributed by atoms with E-state index < -0.39 is 5.97 Å². The van der Waals surface area contributed by atoms with Crippen molar-refractivity contribution in [3.05, 3.63) is 40.3 Å². The van der Waals surface area contributed by atoms with Crippen molar-refractivity contribution in [3.63, 3.8) is 0 Å². The second kappa shape index (κ2) is 6.35. The van der Waals surface area contributed by atoms with E-state index in [1.807, 2.05) is 4.90 Å². The Morgan fingerprint density at radius 1 is 1.43 bits per heavy atom. The van der Waals surface area contributed by atoms with Gasteiger partial charge in [-0.25, -0.2) is 9.78 Å². The van der Waals surface area contributed by atoms with Crippen LogP contribution in [0.25, 0.3) is 0 Å². The zero-order valence-corrected chi connectivity index (χ0v) is 12.8. The average Bonchev–Trinajstić information content (AvgIpc) is 2.93. The van der Waals surface area contributed by atoms with Crippen LogP contribution in [-0.4, -0.2) is 50.2 Å². The first-order valence-electron chi connectivity index (χ1n) is 6.96. The van der Waals surface area contributed by atoms with Gasteiger partial charge in [0.25, 0.3) is 0 Å². The molecule has 8 nitrogen and oxygen atoms in total. The molecule has 120 valence electrons. The van der Waals surface area contributed by atoms with Crippen LogP contribution in [0.4, 0.5) is 5.82 Å². The molecule has 0 fully saturated rings. The molecule has 0 aliphatic carbocycles. The largest absolute Gasteiger partial charge is 0.476 e. The van der Waals surface area contributed by atoms with Crippen LogP contribution in [0.15, 0.2) is 18.3 Å². The summed E-state index contributed by atoms with van der Waals surface area (Å²) in [6.07, 6.45) is 2.08. The summed E-state index contributed by atoms with van der Waals surface area (Å²) < 4.78 is 0. The minimum absolute atomic E-state index is 0.0180. The number of fused-ring (bicyclic) bond motifs is 1. The summed E-state index contributed by atoms with van der Waals surface area (Å²) in [7, 11) is 0. The first-order chi connectivity index (χ1) is 11.0. The van der Waals surface area contributed by atoms with E-state index in [4.69, 9.17) is 16.7 Å². The van der Waals surface area contributed by atoms with Gasteiger partial charge in [0.15, 0.2) is 5.69 Å². The molecule has 23 heavy (non-hydrogen) atoms. The van der Waals surface area contributed by atoms with Crippen molar-refractivity contribution in [1.82, 2.24) is 20.1 Å². The van der Waals surface area contributed by atoms with Gasteiger partial charge >= 0.3 is 5.97 Å². The summed E-state index contributed by atoms with van der Waals surface area (Å²) >= 11 is 5.74. The number of nitrogens with zero attached hydrogens (tertiary/aromatic N) is 3. The fourth-order valence-corrected chi connectivity index (χ4v) is 2.61. The summed E-state index contributed by atoms with van der Waals surface area (Å²) in [4.78, 5) is 29.1. The molecule has 0 bridgehead atoms. The Morgan fingerprint density at radius 3 is 2.96 bits per heavy atom. The van der Waals surface area contributed by atoms with Crippen molar-refractivity contribution in [2.75, 3.05) is 18.4 Å². The highest BCUT2D eigenvalue weighted by molar-refractivity contribution is 6.30. The summed E-state index contributed by atoms with van der Waals surface area (Å²) in [5, 5.41) is 18.8. The predicted molar refractivity (Wildman–Crippen MR) is 82.4 cm³/mol. The van der Waals surface area contributed by atoms with Crippen LogP contribution in [0, 0.1) is 0 Å². The number of halogens is 1. The normalized spacial score (nSPS) is 14.3. The minimum atomic E-state index is -1.07. The van der Waals surface area contributed by atoms with Crippen molar-refractivity contribution >= 4 is 29.3 Å². The molecule has 1 amide bonds. The quantitative estimate of drug-likeness (QED) is 0.773. The number of carboxylic acids is 1. The maximum absolute atomic E-state index is 12.1. The maximum atomic E-state index is 12.1. The lowest BCUT2D eigenvalue weighted by Crippen LogP contribution is -2.37.